The predicted octanol–water partition coefficient (Wildman–Crippen LogP) is 3.65. The second-order valence-electron chi connectivity index (χ2n) is 7.70. The Bertz CT molecular complexity index is 1100. The average Bonchev–Trinajstić information content (AvgIpc) is 3.44. The van der Waals surface area contributed by atoms with Crippen LogP contribution in [0.4, 0.5) is 5.13 Å². The first-order valence-electron chi connectivity index (χ1n) is 10.4. The number of amides is 1. The molecule has 0 fully saturated rings. The van der Waals surface area contributed by atoms with Gasteiger partial charge in [0.25, 0.3) is 5.91 Å². The molecule has 4 rings (SSSR count). The smallest absolute Gasteiger partial charge is 0.260 e. The Labute approximate surface area is 196 Å². The number of thiazole rings is 1. The molecule has 1 aliphatic heterocycles. The van der Waals surface area contributed by atoms with Gasteiger partial charge in [-0.1, -0.05) is 11.3 Å². The lowest BCUT2D eigenvalue weighted by Crippen LogP contribution is -2.33. The predicted molar refractivity (Wildman–Crippen MR) is 127 cm³/mol. The van der Waals surface area contributed by atoms with Gasteiger partial charge >= 0.3 is 0 Å². The second-order valence-corrected chi connectivity index (χ2v) is 8.71. The van der Waals surface area contributed by atoms with E-state index in [4.69, 9.17) is 28.7 Å². The number of fused-ring (bicyclic) bond motifs is 2. The highest BCUT2D eigenvalue weighted by molar-refractivity contribution is 7.22. The zero-order chi connectivity index (χ0) is 23.5. The maximum Gasteiger partial charge on any atom is 0.260 e. The summed E-state index contributed by atoms with van der Waals surface area (Å²) >= 11 is 1.44. The van der Waals surface area contributed by atoms with Crippen LogP contribution in [0.15, 0.2) is 24.3 Å². The van der Waals surface area contributed by atoms with E-state index in [1.165, 1.54) is 32.7 Å². The maximum absolute atomic E-state index is 13.7. The van der Waals surface area contributed by atoms with E-state index in [0.29, 0.717) is 46.0 Å². The van der Waals surface area contributed by atoms with Crippen LogP contribution >= 0.6 is 11.3 Å². The van der Waals surface area contributed by atoms with Crippen LogP contribution in [0.2, 0.25) is 0 Å². The molecule has 0 saturated heterocycles. The highest BCUT2D eigenvalue weighted by atomic mass is 32.1. The van der Waals surface area contributed by atoms with Crippen molar-refractivity contribution >= 4 is 32.6 Å². The van der Waals surface area contributed by atoms with Gasteiger partial charge < -0.3 is 28.6 Å². The zero-order valence-corrected chi connectivity index (χ0v) is 20.2. The number of methoxy groups -OCH3 is 3. The van der Waals surface area contributed by atoms with E-state index in [0.717, 1.165) is 23.2 Å². The Morgan fingerprint density at radius 3 is 2.27 bits per heavy atom. The third-order valence-electron chi connectivity index (χ3n) is 5.25. The molecular weight excluding hydrogens is 446 g/mol. The van der Waals surface area contributed by atoms with Gasteiger partial charge in [0.2, 0.25) is 12.5 Å². The van der Waals surface area contributed by atoms with E-state index >= 15 is 0 Å². The van der Waals surface area contributed by atoms with E-state index in [-0.39, 0.29) is 12.7 Å². The summed E-state index contributed by atoms with van der Waals surface area (Å²) in [7, 11) is 8.59. The van der Waals surface area contributed by atoms with Crippen molar-refractivity contribution in [3.05, 3.63) is 29.8 Å². The second kappa shape index (κ2) is 9.72. The monoisotopic (exact) mass is 473 g/mol. The van der Waals surface area contributed by atoms with Crippen LogP contribution in [0, 0.1) is 0 Å². The van der Waals surface area contributed by atoms with Crippen LogP contribution in [0.1, 0.15) is 16.8 Å². The summed E-state index contributed by atoms with van der Waals surface area (Å²) in [6.07, 6.45) is 0.780. The largest absolute Gasteiger partial charge is 0.493 e. The molecule has 33 heavy (non-hydrogen) atoms. The Balaban J connectivity index is 1.73. The SMILES string of the molecule is COc1cc(C(=O)N(CCCN(C)C)c2nc3cc4c(cc3s2)OCO4)cc(OC)c1OC. The van der Waals surface area contributed by atoms with Gasteiger partial charge in [-0.05, 0) is 39.2 Å². The Morgan fingerprint density at radius 2 is 1.67 bits per heavy atom. The lowest BCUT2D eigenvalue weighted by molar-refractivity contribution is 0.0985. The minimum atomic E-state index is -0.202. The van der Waals surface area contributed by atoms with Crippen molar-refractivity contribution in [2.45, 2.75) is 6.42 Å². The van der Waals surface area contributed by atoms with E-state index in [1.54, 1.807) is 17.0 Å². The van der Waals surface area contributed by atoms with Crippen molar-refractivity contribution in [2.24, 2.45) is 0 Å². The number of aromatic nitrogens is 1. The van der Waals surface area contributed by atoms with Crippen LogP contribution in [-0.4, -0.2) is 71.1 Å². The van der Waals surface area contributed by atoms with Gasteiger partial charge in [0.05, 0.1) is 31.5 Å². The summed E-state index contributed by atoms with van der Waals surface area (Å²) in [6, 6.07) is 7.07. The first-order valence-corrected chi connectivity index (χ1v) is 11.2. The van der Waals surface area contributed by atoms with Crippen LogP contribution < -0.4 is 28.6 Å². The molecule has 1 aromatic heterocycles. The topological polar surface area (TPSA) is 82.6 Å². The van der Waals surface area contributed by atoms with Gasteiger partial charge in [-0.25, -0.2) is 4.98 Å². The Morgan fingerprint density at radius 1 is 1.00 bits per heavy atom. The molecule has 0 spiro atoms. The first kappa shape index (κ1) is 22.9. The van der Waals surface area contributed by atoms with Crippen molar-refractivity contribution in [3.63, 3.8) is 0 Å². The van der Waals surface area contributed by atoms with Crippen LogP contribution in [0.5, 0.6) is 28.7 Å². The molecule has 9 nitrogen and oxygen atoms in total. The van der Waals surface area contributed by atoms with Crippen molar-refractivity contribution in [1.82, 2.24) is 9.88 Å². The summed E-state index contributed by atoms with van der Waals surface area (Å²) < 4.78 is 28.2. The minimum Gasteiger partial charge on any atom is -0.493 e. The molecule has 0 saturated carbocycles. The zero-order valence-electron chi connectivity index (χ0n) is 19.3. The molecule has 0 unspecified atom stereocenters. The van der Waals surface area contributed by atoms with Crippen LogP contribution in [0.25, 0.3) is 10.2 Å². The van der Waals surface area contributed by atoms with E-state index in [9.17, 15) is 4.79 Å². The standard InChI is InChI=1S/C23H27N3O6S/c1-25(2)7-6-8-26(22(27)14-9-18(28-3)21(30-5)19(10-14)29-4)23-24-15-11-16-17(32-13-31-16)12-20(15)33-23/h9-12H,6-8,13H2,1-5H3. The molecule has 0 radical (unpaired) electrons. The fourth-order valence-corrected chi connectivity index (χ4v) is 4.61. The lowest BCUT2D eigenvalue weighted by Gasteiger charge is -2.22. The number of hydrogen-bond acceptors (Lipinski definition) is 9. The summed E-state index contributed by atoms with van der Waals surface area (Å²) in [5, 5.41) is 0.603. The van der Waals surface area contributed by atoms with E-state index in [2.05, 4.69) is 4.90 Å². The lowest BCUT2D eigenvalue weighted by atomic mass is 10.1. The van der Waals surface area contributed by atoms with Crippen molar-refractivity contribution < 1.29 is 28.5 Å². The molecule has 10 heteroatoms. The number of hydrogen-bond donors (Lipinski definition) is 0. The van der Waals surface area contributed by atoms with Gasteiger partial charge in [0.15, 0.2) is 28.1 Å². The fourth-order valence-electron chi connectivity index (χ4n) is 3.61. The summed E-state index contributed by atoms with van der Waals surface area (Å²) in [6.45, 7) is 1.54. The molecule has 1 amide bonds. The maximum atomic E-state index is 13.7. The van der Waals surface area contributed by atoms with Crippen LogP contribution in [-0.2, 0) is 0 Å². The van der Waals surface area contributed by atoms with Gasteiger partial charge in [-0.3, -0.25) is 9.69 Å². The molecule has 3 aromatic rings. The average molecular weight is 474 g/mol. The molecule has 2 aromatic carbocycles. The number of rotatable bonds is 9. The van der Waals surface area contributed by atoms with Crippen molar-refractivity contribution in [1.29, 1.82) is 0 Å². The quantitative estimate of drug-likeness (QED) is 0.466. The van der Waals surface area contributed by atoms with Crippen molar-refractivity contribution in [3.8, 4) is 28.7 Å². The number of carbonyl (C=O) groups is 1. The molecule has 0 N–H and O–H groups in total. The Kier molecular flexibility index (Phi) is 6.75. The van der Waals surface area contributed by atoms with Gasteiger partial charge in [0.1, 0.15) is 0 Å². The summed E-state index contributed by atoms with van der Waals surface area (Å²) in [5.41, 5.74) is 1.18. The van der Waals surface area contributed by atoms with Gasteiger partial charge in [-0.2, -0.15) is 0 Å². The molecule has 0 atom stereocenters. The van der Waals surface area contributed by atoms with E-state index < -0.39 is 0 Å². The highest BCUT2D eigenvalue weighted by Crippen LogP contribution is 2.41. The summed E-state index contributed by atoms with van der Waals surface area (Å²) in [4.78, 5) is 22.2. The number of carbonyl (C=O) groups excluding carboxylic acids is 1. The normalized spacial score (nSPS) is 12.3. The minimum absolute atomic E-state index is 0.202. The van der Waals surface area contributed by atoms with E-state index in [1.807, 2.05) is 26.2 Å². The molecule has 176 valence electrons. The van der Waals surface area contributed by atoms with Gasteiger partial charge in [-0.15, -0.1) is 0 Å². The van der Waals surface area contributed by atoms with Crippen LogP contribution in [0.3, 0.4) is 0 Å². The fraction of sp³-hybridized carbons (Fsp3) is 0.391. The Hall–Kier alpha value is -3.24. The highest BCUT2D eigenvalue weighted by Gasteiger charge is 2.25. The number of benzene rings is 2. The van der Waals surface area contributed by atoms with Gasteiger partial charge in [0, 0.05) is 24.2 Å². The van der Waals surface area contributed by atoms with Crippen molar-refractivity contribution in [2.75, 3.05) is 60.2 Å². The molecular formula is C23H27N3O6S. The summed E-state index contributed by atoms with van der Waals surface area (Å²) in [5.74, 6) is 2.42. The molecule has 0 aliphatic carbocycles. The molecule has 2 heterocycles. The molecule has 0 bridgehead atoms. The molecule has 1 aliphatic rings. The third-order valence-corrected chi connectivity index (χ3v) is 6.29. The number of anilines is 1. The third kappa shape index (κ3) is 4.62. The number of ether oxygens (including phenoxy) is 5. The first-order chi connectivity index (χ1) is 15.9. The number of nitrogens with zero attached hydrogens (tertiary/aromatic N) is 3.